The zero-order valence-electron chi connectivity index (χ0n) is 15.1. The number of amides is 1. The lowest BCUT2D eigenvalue weighted by atomic mass is 10.0. The van der Waals surface area contributed by atoms with Crippen LogP contribution in [0.2, 0.25) is 0 Å². The van der Waals surface area contributed by atoms with Crippen LogP contribution >= 0.6 is 0 Å². The second-order valence-electron chi connectivity index (χ2n) is 6.10. The van der Waals surface area contributed by atoms with E-state index in [4.69, 9.17) is 9.47 Å². The summed E-state index contributed by atoms with van der Waals surface area (Å²) < 4.78 is 11.2. The molecule has 0 radical (unpaired) electrons. The van der Waals surface area contributed by atoms with Crippen molar-refractivity contribution in [2.75, 3.05) is 14.2 Å². The maximum absolute atomic E-state index is 11.8. The number of nitrogens with zero attached hydrogens (tertiary/aromatic N) is 1. The summed E-state index contributed by atoms with van der Waals surface area (Å²) in [6, 6.07) is 11.3. The van der Waals surface area contributed by atoms with Crippen LogP contribution in [-0.2, 0) is 21.7 Å². The molecule has 1 N–H and O–H groups in total. The van der Waals surface area contributed by atoms with Crippen molar-refractivity contribution in [3.63, 3.8) is 0 Å². The number of ether oxygens (including phenoxy) is 2. The average Bonchev–Trinajstić information content (AvgIpc) is 2.65. The Morgan fingerprint density at radius 2 is 1.96 bits per heavy atom. The van der Waals surface area contributed by atoms with Gasteiger partial charge in [-0.25, -0.2) is 4.98 Å². The van der Waals surface area contributed by atoms with Crippen molar-refractivity contribution in [2.24, 2.45) is 0 Å². The van der Waals surface area contributed by atoms with Crippen molar-refractivity contribution in [3.8, 4) is 5.88 Å². The summed E-state index contributed by atoms with van der Waals surface area (Å²) in [6.07, 6.45) is 1.74. The van der Waals surface area contributed by atoms with E-state index < -0.39 is 5.60 Å². The highest BCUT2D eigenvalue weighted by atomic mass is 16.5. The van der Waals surface area contributed by atoms with E-state index >= 15 is 0 Å². The zero-order valence-corrected chi connectivity index (χ0v) is 15.1. The van der Waals surface area contributed by atoms with Crippen molar-refractivity contribution in [3.05, 3.63) is 65.9 Å². The minimum Gasteiger partial charge on any atom is -0.473 e. The van der Waals surface area contributed by atoms with Gasteiger partial charge in [0, 0.05) is 37.6 Å². The van der Waals surface area contributed by atoms with Gasteiger partial charge in [-0.1, -0.05) is 30.8 Å². The van der Waals surface area contributed by atoms with Crippen LogP contribution in [0.15, 0.2) is 49.2 Å². The zero-order chi connectivity index (χ0) is 18.4. The molecule has 1 aromatic carbocycles. The molecule has 0 fully saturated rings. The monoisotopic (exact) mass is 340 g/mol. The first-order valence-corrected chi connectivity index (χ1v) is 8.02. The second kappa shape index (κ2) is 7.94. The molecule has 0 bridgehead atoms. The summed E-state index contributed by atoms with van der Waals surface area (Å²) in [5.41, 5.74) is 2.62. The highest BCUT2D eigenvalue weighted by Gasteiger charge is 2.19. The van der Waals surface area contributed by atoms with E-state index in [1.165, 1.54) is 0 Å². The summed E-state index contributed by atoms with van der Waals surface area (Å²) in [6.45, 7) is 8.11. The fraction of sp³-hybridized carbons (Fsp3) is 0.300. The largest absolute Gasteiger partial charge is 0.473 e. The third-order valence-electron chi connectivity index (χ3n) is 4.16. The van der Waals surface area contributed by atoms with Crippen LogP contribution in [0, 0.1) is 0 Å². The van der Waals surface area contributed by atoms with Gasteiger partial charge in [0.05, 0.1) is 5.60 Å². The maximum atomic E-state index is 11.8. The van der Waals surface area contributed by atoms with Crippen LogP contribution < -0.4 is 10.1 Å². The van der Waals surface area contributed by atoms with Gasteiger partial charge < -0.3 is 14.8 Å². The fourth-order valence-corrected chi connectivity index (χ4v) is 2.31. The van der Waals surface area contributed by atoms with E-state index in [0.717, 1.165) is 16.7 Å². The molecule has 1 amide bonds. The summed E-state index contributed by atoms with van der Waals surface area (Å²) in [5, 5.41) is 2.59. The number of carbonyl (C=O) groups excluding carboxylic acids is 1. The van der Waals surface area contributed by atoms with Gasteiger partial charge in [-0.05, 0) is 31.0 Å². The van der Waals surface area contributed by atoms with E-state index in [1.54, 1.807) is 20.4 Å². The van der Waals surface area contributed by atoms with Gasteiger partial charge in [0.2, 0.25) is 5.88 Å². The maximum Gasteiger partial charge on any atom is 0.251 e. The third kappa shape index (κ3) is 4.45. The Hall–Kier alpha value is -2.66. The third-order valence-corrected chi connectivity index (χ3v) is 4.16. The summed E-state index contributed by atoms with van der Waals surface area (Å²) in [7, 11) is 3.25. The standard InChI is InChI=1S/C20H24N2O3/c1-14(19(23)21-4)17-9-7-6-8-15(17)13-25-18-11-10-16(12-22-18)20(2,3)24-5/h6-12H,1,13H2,2-5H3,(H,21,23). The Labute approximate surface area is 148 Å². The molecule has 0 spiro atoms. The summed E-state index contributed by atoms with van der Waals surface area (Å²) >= 11 is 0. The highest BCUT2D eigenvalue weighted by molar-refractivity contribution is 6.18. The van der Waals surface area contributed by atoms with Gasteiger partial charge >= 0.3 is 0 Å². The van der Waals surface area contributed by atoms with E-state index in [9.17, 15) is 4.79 Å². The quantitative estimate of drug-likeness (QED) is 0.786. The van der Waals surface area contributed by atoms with Crippen molar-refractivity contribution < 1.29 is 14.3 Å². The number of methoxy groups -OCH3 is 1. The van der Waals surface area contributed by atoms with Gasteiger partial charge in [0.25, 0.3) is 5.91 Å². The number of aromatic nitrogens is 1. The number of nitrogens with one attached hydrogen (secondary N) is 1. The predicted octanol–water partition coefficient (Wildman–Crippen LogP) is 3.30. The van der Waals surface area contributed by atoms with Crippen molar-refractivity contribution >= 4 is 11.5 Å². The highest BCUT2D eigenvalue weighted by Crippen LogP contribution is 2.25. The summed E-state index contributed by atoms with van der Waals surface area (Å²) in [4.78, 5) is 16.2. The first kappa shape index (κ1) is 18.7. The molecule has 0 atom stereocenters. The molecule has 2 rings (SSSR count). The van der Waals surface area contributed by atoms with E-state index in [2.05, 4.69) is 16.9 Å². The number of benzene rings is 1. The lowest BCUT2D eigenvalue weighted by Gasteiger charge is -2.23. The SMILES string of the molecule is C=C(C(=O)NC)c1ccccc1COc1ccc(C(C)(C)OC)cn1. The first-order chi connectivity index (χ1) is 11.9. The average molecular weight is 340 g/mol. The Bertz CT molecular complexity index is 752. The molecule has 5 heteroatoms. The molecular weight excluding hydrogens is 316 g/mol. The molecule has 0 aliphatic heterocycles. The van der Waals surface area contributed by atoms with Crippen molar-refractivity contribution in [1.29, 1.82) is 0 Å². The van der Waals surface area contributed by atoms with Gasteiger partial charge in [0.1, 0.15) is 6.61 Å². The molecule has 0 saturated heterocycles. The number of rotatable bonds is 7. The molecule has 132 valence electrons. The van der Waals surface area contributed by atoms with Gasteiger partial charge in [-0.3, -0.25) is 4.79 Å². The minimum absolute atomic E-state index is 0.211. The molecule has 1 heterocycles. The van der Waals surface area contributed by atoms with Crippen LogP contribution in [0.3, 0.4) is 0 Å². The van der Waals surface area contributed by atoms with Gasteiger partial charge in [0.15, 0.2) is 0 Å². The molecule has 0 unspecified atom stereocenters. The van der Waals surface area contributed by atoms with Crippen LogP contribution in [0.1, 0.15) is 30.5 Å². The van der Waals surface area contributed by atoms with Crippen molar-refractivity contribution in [1.82, 2.24) is 10.3 Å². The Balaban J connectivity index is 2.12. The molecule has 25 heavy (non-hydrogen) atoms. The summed E-state index contributed by atoms with van der Waals surface area (Å²) in [5.74, 6) is 0.299. The number of hydrogen-bond donors (Lipinski definition) is 1. The number of carbonyl (C=O) groups is 1. The van der Waals surface area contributed by atoms with E-state index in [0.29, 0.717) is 18.1 Å². The molecule has 0 aliphatic carbocycles. The molecule has 1 aromatic heterocycles. The lowest BCUT2D eigenvalue weighted by molar-refractivity contribution is -0.115. The molecule has 2 aromatic rings. The van der Waals surface area contributed by atoms with E-state index in [-0.39, 0.29) is 5.91 Å². The van der Waals surface area contributed by atoms with Crippen LogP contribution in [0.4, 0.5) is 0 Å². The van der Waals surface area contributed by atoms with Crippen LogP contribution in [-0.4, -0.2) is 25.0 Å². The van der Waals surface area contributed by atoms with Gasteiger partial charge in [-0.2, -0.15) is 0 Å². The van der Waals surface area contributed by atoms with E-state index in [1.807, 2.05) is 50.2 Å². The fourth-order valence-electron chi connectivity index (χ4n) is 2.31. The van der Waals surface area contributed by atoms with Crippen LogP contribution in [0.5, 0.6) is 5.88 Å². The number of hydrogen-bond acceptors (Lipinski definition) is 4. The normalized spacial score (nSPS) is 11.0. The van der Waals surface area contributed by atoms with Crippen molar-refractivity contribution in [2.45, 2.75) is 26.1 Å². The first-order valence-electron chi connectivity index (χ1n) is 8.02. The molecule has 0 saturated carbocycles. The number of likely N-dealkylation sites (N-methyl/N-ethyl adjacent to an activating group) is 1. The molecule has 0 aliphatic rings. The number of pyridine rings is 1. The Kier molecular flexibility index (Phi) is 5.93. The molecular formula is C20H24N2O3. The Morgan fingerprint density at radius 3 is 2.56 bits per heavy atom. The topological polar surface area (TPSA) is 60.5 Å². The second-order valence-corrected chi connectivity index (χ2v) is 6.10. The van der Waals surface area contributed by atoms with Gasteiger partial charge in [-0.15, -0.1) is 0 Å². The van der Waals surface area contributed by atoms with Crippen LogP contribution in [0.25, 0.3) is 5.57 Å². The minimum atomic E-state index is -0.399. The lowest BCUT2D eigenvalue weighted by Crippen LogP contribution is -2.19. The molecule has 5 nitrogen and oxygen atoms in total. The smallest absolute Gasteiger partial charge is 0.251 e. The Morgan fingerprint density at radius 1 is 1.24 bits per heavy atom. The predicted molar refractivity (Wildman–Crippen MR) is 98.1 cm³/mol.